The van der Waals surface area contributed by atoms with Crippen molar-refractivity contribution in [2.45, 2.75) is 16.7 Å². The van der Waals surface area contributed by atoms with Crippen molar-refractivity contribution in [2.24, 2.45) is 0 Å². The van der Waals surface area contributed by atoms with Crippen molar-refractivity contribution >= 4 is 53.0 Å². The Morgan fingerprint density at radius 1 is 0.864 bits per heavy atom. The van der Waals surface area contributed by atoms with E-state index in [4.69, 9.17) is 5.11 Å². The van der Waals surface area contributed by atoms with Gasteiger partial charge in [-0.1, -0.05) is 18.2 Å². The molecule has 0 spiro atoms. The molecular formula is C15H12O3S4. The number of carboxylic acids is 1. The molecule has 0 aromatic heterocycles. The lowest BCUT2D eigenvalue weighted by Crippen LogP contribution is -1.94. The Labute approximate surface area is 143 Å². The highest BCUT2D eigenvalue weighted by Gasteiger charge is 2.05. The molecule has 22 heavy (non-hydrogen) atoms. The number of hydrogen-bond acceptors (Lipinski definition) is 6. The molecule has 2 aromatic carbocycles. The monoisotopic (exact) mass is 368 g/mol. The average Bonchev–Trinajstić information content (AvgIpc) is 2.52. The summed E-state index contributed by atoms with van der Waals surface area (Å²) >= 11 is 0. The summed E-state index contributed by atoms with van der Waals surface area (Å²) in [6.07, 6.45) is 0. The van der Waals surface area contributed by atoms with Crippen LogP contribution in [-0.2, 0) is 0 Å². The van der Waals surface area contributed by atoms with E-state index in [2.05, 4.69) is 0 Å². The van der Waals surface area contributed by atoms with Gasteiger partial charge < -0.3 is 5.11 Å². The van der Waals surface area contributed by atoms with Gasteiger partial charge in [-0.25, -0.2) is 4.79 Å². The van der Waals surface area contributed by atoms with Crippen LogP contribution in [0.3, 0.4) is 0 Å². The van der Waals surface area contributed by atoms with E-state index in [1.807, 2.05) is 24.3 Å². The van der Waals surface area contributed by atoms with Gasteiger partial charge in [0.05, 0.1) is 5.56 Å². The molecule has 0 radical (unpaired) electrons. The molecule has 3 nitrogen and oxygen atoms in total. The SMILES string of the molecule is CC(=O)c1cccc(SSSSc2cccc(C(=O)O)c2)c1. The van der Waals surface area contributed by atoms with Gasteiger partial charge in [0.15, 0.2) is 5.78 Å². The largest absolute Gasteiger partial charge is 0.478 e. The van der Waals surface area contributed by atoms with Gasteiger partial charge in [0, 0.05) is 15.4 Å². The zero-order valence-electron chi connectivity index (χ0n) is 11.5. The fourth-order valence-corrected chi connectivity index (χ4v) is 7.06. The van der Waals surface area contributed by atoms with E-state index in [-0.39, 0.29) is 11.3 Å². The summed E-state index contributed by atoms with van der Waals surface area (Å²) in [5.41, 5.74) is 0.995. The maximum atomic E-state index is 11.3. The summed E-state index contributed by atoms with van der Waals surface area (Å²) in [7, 11) is 6.21. The summed E-state index contributed by atoms with van der Waals surface area (Å²) in [5.74, 6) is -0.865. The summed E-state index contributed by atoms with van der Waals surface area (Å²) in [4.78, 5) is 24.1. The molecule has 0 fully saturated rings. The Hall–Kier alpha value is -1.02. The molecule has 0 aliphatic carbocycles. The summed E-state index contributed by atoms with van der Waals surface area (Å²) < 4.78 is 0. The molecule has 0 amide bonds. The van der Waals surface area contributed by atoms with E-state index in [1.54, 1.807) is 61.6 Å². The van der Waals surface area contributed by atoms with Gasteiger partial charge in [-0.3, -0.25) is 4.79 Å². The van der Waals surface area contributed by atoms with Gasteiger partial charge in [0.25, 0.3) is 0 Å². The second-order valence-electron chi connectivity index (χ2n) is 4.22. The molecule has 0 saturated carbocycles. The zero-order valence-corrected chi connectivity index (χ0v) is 14.8. The van der Waals surface area contributed by atoms with Crippen molar-refractivity contribution in [3.05, 3.63) is 59.7 Å². The van der Waals surface area contributed by atoms with Crippen LogP contribution in [0.15, 0.2) is 58.3 Å². The summed E-state index contributed by atoms with van der Waals surface area (Å²) in [6, 6.07) is 14.3. The number of aromatic carboxylic acids is 1. The van der Waals surface area contributed by atoms with Crippen molar-refractivity contribution in [3.63, 3.8) is 0 Å². The number of rotatable bonds is 7. The van der Waals surface area contributed by atoms with E-state index < -0.39 is 5.97 Å². The molecule has 2 rings (SSSR count). The lowest BCUT2D eigenvalue weighted by molar-refractivity contribution is 0.0696. The summed E-state index contributed by atoms with van der Waals surface area (Å²) in [6.45, 7) is 1.55. The minimum Gasteiger partial charge on any atom is -0.478 e. The Balaban J connectivity index is 1.84. The van der Waals surface area contributed by atoms with Crippen molar-refractivity contribution in [3.8, 4) is 0 Å². The van der Waals surface area contributed by atoms with Gasteiger partial charge in [-0.05, 0) is 78.5 Å². The highest BCUT2D eigenvalue weighted by atomic mass is 33.7. The maximum absolute atomic E-state index is 11.3. The molecule has 0 heterocycles. The van der Waals surface area contributed by atoms with Gasteiger partial charge in [-0.2, -0.15) is 0 Å². The normalized spacial score (nSPS) is 10.4. The number of benzene rings is 2. The van der Waals surface area contributed by atoms with Crippen LogP contribution in [-0.4, -0.2) is 16.9 Å². The van der Waals surface area contributed by atoms with Crippen LogP contribution in [0.1, 0.15) is 27.6 Å². The van der Waals surface area contributed by atoms with Crippen LogP contribution in [0.2, 0.25) is 0 Å². The van der Waals surface area contributed by atoms with E-state index >= 15 is 0 Å². The molecule has 0 aliphatic rings. The first-order valence-electron chi connectivity index (χ1n) is 6.18. The van der Waals surface area contributed by atoms with Gasteiger partial charge in [0.1, 0.15) is 0 Å². The van der Waals surface area contributed by atoms with E-state index in [1.165, 1.54) is 10.8 Å². The second-order valence-corrected chi connectivity index (χ2v) is 10.0. The molecule has 0 bridgehead atoms. The first-order valence-corrected chi connectivity index (χ1v) is 11.0. The quantitative estimate of drug-likeness (QED) is 0.383. The molecule has 0 unspecified atom stereocenters. The molecule has 114 valence electrons. The predicted molar refractivity (Wildman–Crippen MR) is 96.7 cm³/mol. The fraction of sp³-hybridized carbons (Fsp3) is 0.0667. The lowest BCUT2D eigenvalue weighted by Gasteiger charge is -2.03. The number of ketones is 1. The second kappa shape index (κ2) is 8.57. The molecule has 0 aliphatic heterocycles. The highest BCUT2D eigenvalue weighted by Crippen LogP contribution is 2.49. The third-order valence-corrected chi connectivity index (χ3v) is 8.65. The Kier molecular flexibility index (Phi) is 6.75. The van der Waals surface area contributed by atoms with Crippen LogP contribution in [0, 0.1) is 0 Å². The van der Waals surface area contributed by atoms with Crippen molar-refractivity contribution in [1.29, 1.82) is 0 Å². The predicted octanol–water partition coefficient (Wildman–Crippen LogP) is 5.68. The Morgan fingerprint density at radius 2 is 1.36 bits per heavy atom. The van der Waals surface area contributed by atoms with E-state index in [9.17, 15) is 9.59 Å². The number of carboxylic acid groups (broad SMARTS) is 1. The van der Waals surface area contributed by atoms with E-state index in [0.29, 0.717) is 5.56 Å². The van der Waals surface area contributed by atoms with Crippen LogP contribution < -0.4 is 0 Å². The third-order valence-electron chi connectivity index (χ3n) is 2.61. The van der Waals surface area contributed by atoms with Gasteiger partial charge >= 0.3 is 5.97 Å². The zero-order chi connectivity index (χ0) is 15.9. The number of carbonyl (C=O) groups is 2. The average molecular weight is 369 g/mol. The highest BCUT2D eigenvalue weighted by molar-refractivity contribution is 9.26. The summed E-state index contributed by atoms with van der Waals surface area (Å²) in [5, 5.41) is 8.95. The first kappa shape index (κ1) is 17.3. The molecule has 2 aromatic rings. The Morgan fingerprint density at radius 3 is 1.86 bits per heavy atom. The standard InChI is InChI=1S/C15H12O3S4/c1-10(16)11-4-2-6-13(8-11)19-21-22-20-14-7-3-5-12(9-14)15(17)18/h2-9H,1H3,(H,17,18). The number of carbonyl (C=O) groups excluding carboxylic acids is 1. The molecular weight excluding hydrogens is 356 g/mol. The number of Topliss-reactive ketones (excluding diaryl/α,β-unsaturated/α-hetero) is 1. The maximum Gasteiger partial charge on any atom is 0.335 e. The van der Waals surface area contributed by atoms with Crippen LogP contribution in [0.4, 0.5) is 0 Å². The van der Waals surface area contributed by atoms with Gasteiger partial charge in [0.2, 0.25) is 0 Å². The molecule has 0 saturated heterocycles. The molecule has 0 atom stereocenters. The van der Waals surface area contributed by atoms with Crippen LogP contribution in [0.25, 0.3) is 0 Å². The first-order chi connectivity index (χ1) is 10.6. The van der Waals surface area contributed by atoms with Crippen LogP contribution >= 0.6 is 41.2 Å². The smallest absolute Gasteiger partial charge is 0.335 e. The van der Waals surface area contributed by atoms with Crippen molar-refractivity contribution in [2.75, 3.05) is 0 Å². The van der Waals surface area contributed by atoms with Crippen molar-refractivity contribution < 1.29 is 14.7 Å². The van der Waals surface area contributed by atoms with Crippen molar-refractivity contribution in [1.82, 2.24) is 0 Å². The van der Waals surface area contributed by atoms with Crippen LogP contribution in [0.5, 0.6) is 0 Å². The Bertz CT molecular complexity index is 628. The molecule has 7 heteroatoms. The third kappa shape index (κ3) is 5.31. The van der Waals surface area contributed by atoms with Gasteiger partial charge in [-0.15, -0.1) is 0 Å². The number of hydrogen-bond donors (Lipinski definition) is 1. The fourth-order valence-electron chi connectivity index (χ4n) is 1.55. The minimum atomic E-state index is -0.921. The van der Waals surface area contributed by atoms with E-state index in [0.717, 1.165) is 9.79 Å². The minimum absolute atomic E-state index is 0.0555. The lowest BCUT2D eigenvalue weighted by atomic mass is 10.2. The topological polar surface area (TPSA) is 54.4 Å². The molecule has 1 N–H and O–H groups in total.